The Kier molecular flexibility index (Phi) is 5.75. The summed E-state index contributed by atoms with van der Waals surface area (Å²) in [6.45, 7) is -0.161. The second kappa shape index (κ2) is 8.22. The van der Waals surface area contributed by atoms with Crippen LogP contribution in [0.3, 0.4) is 0 Å². The van der Waals surface area contributed by atoms with Crippen molar-refractivity contribution in [3.8, 4) is 0 Å². The fraction of sp³-hybridized carbons (Fsp3) is 0.211. The van der Waals surface area contributed by atoms with E-state index in [9.17, 15) is 18.8 Å². The smallest absolute Gasteiger partial charge is 0.243 e. The number of hydrogen-bond acceptors (Lipinski definition) is 4. The van der Waals surface area contributed by atoms with Gasteiger partial charge in [-0.1, -0.05) is 12.1 Å². The number of carbonyl (C=O) groups excluding carboxylic acids is 3. The molecule has 3 amide bonds. The van der Waals surface area contributed by atoms with E-state index in [2.05, 4.69) is 10.6 Å². The van der Waals surface area contributed by atoms with Crippen molar-refractivity contribution in [1.29, 1.82) is 0 Å². The van der Waals surface area contributed by atoms with Crippen LogP contribution in [0.5, 0.6) is 0 Å². The molecule has 0 aliphatic carbocycles. The number of thioether (sulfide) groups is 1. The third-order valence-electron chi connectivity index (χ3n) is 4.00. The standard InChI is InChI=1S/C19H18FN3O3S/c1-23(11-17(24)21-13-8-6-12(20)7-9-13)18(25)10-16-19(26)22-14-4-2-3-5-15(14)27-16/h2-9,16H,10-11H2,1H3,(H,21,24)(H,22,26)/t16-/m0/s1. The van der Waals surface area contributed by atoms with E-state index in [1.807, 2.05) is 24.3 Å². The number of likely N-dealkylation sites (N-methyl/N-ethyl adjacent to an activating group) is 1. The highest BCUT2D eigenvalue weighted by atomic mass is 32.2. The Hall–Kier alpha value is -2.87. The van der Waals surface area contributed by atoms with Crippen molar-refractivity contribution < 1.29 is 18.8 Å². The molecule has 0 aromatic heterocycles. The summed E-state index contributed by atoms with van der Waals surface area (Å²) in [5.74, 6) is -1.33. The minimum absolute atomic E-state index is 0.00877. The van der Waals surface area contributed by atoms with Crippen LogP contribution in [0.15, 0.2) is 53.4 Å². The molecule has 8 heteroatoms. The van der Waals surface area contributed by atoms with Gasteiger partial charge in [-0.3, -0.25) is 14.4 Å². The number of anilines is 2. The number of carbonyl (C=O) groups is 3. The molecule has 1 heterocycles. The Morgan fingerprint density at radius 2 is 1.89 bits per heavy atom. The molecule has 1 atom stereocenters. The van der Waals surface area contributed by atoms with Crippen LogP contribution in [0.1, 0.15) is 6.42 Å². The average molecular weight is 387 g/mol. The SMILES string of the molecule is CN(CC(=O)Nc1ccc(F)cc1)C(=O)C[C@@H]1Sc2ccccc2NC1=O. The lowest BCUT2D eigenvalue weighted by Gasteiger charge is -2.25. The zero-order valence-electron chi connectivity index (χ0n) is 14.6. The summed E-state index contributed by atoms with van der Waals surface area (Å²) in [7, 11) is 1.51. The quantitative estimate of drug-likeness (QED) is 0.827. The third-order valence-corrected chi connectivity index (χ3v) is 5.28. The molecule has 6 nitrogen and oxygen atoms in total. The van der Waals surface area contributed by atoms with Gasteiger partial charge in [0.2, 0.25) is 17.7 Å². The van der Waals surface area contributed by atoms with Crippen molar-refractivity contribution in [2.75, 3.05) is 24.2 Å². The minimum Gasteiger partial charge on any atom is -0.336 e. The van der Waals surface area contributed by atoms with Gasteiger partial charge >= 0.3 is 0 Å². The zero-order chi connectivity index (χ0) is 19.4. The van der Waals surface area contributed by atoms with E-state index in [-0.39, 0.29) is 24.8 Å². The number of fused-ring (bicyclic) bond motifs is 1. The molecular weight excluding hydrogens is 369 g/mol. The van der Waals surface area contributed by atoms with Gasteiger partial charge in [0.05, 0.1) is 17.5 Å². The molecule has 0 unspecified atom stereocenters. The van der Waals surface area contributed by atoms with Gasteiger partial charge < -0.3 is 15.5 Å². The number of para-hydroxylation sites is 1. The van der Waals surface area contributed by atoms with E-state index in [4.69, 9.17) is 0 Å². The van der Waals surface area contributed by atoms with Crippen molar-refractivity contribution in [2.45, 2.75) is 16.6 Å². The first-order chi connectivity index (χ1) is 12.9. The zero-order valence-corrected chi connectivity index (χ0v) is 15.4. The van der Waals surface area contributed by atoms with Crippen LogP contribution in [-0.2, 0) is 14.4 Å². The molecule has 0 saturated heterocycles. The second-order valence-corrected chi connectivity index (χ2v) is 7.35. The monoisotopic (exact) mass is 387 g/mol. The summed E-state index contributed by atoms with van der Waals surface area (Å²) < 4.78 is 12.9. The first-order valence-electron chi connectivity index (χ1n) is 8.28. The van der Waals surface area contributed by atoms with Crippen LogP contribution in [-0.4, -0.2) is 41.5 Å². The van der Waals surface area contributed by atoms with Crippen LogP contribution in [0.4, 0.5) is 15.8 Å². The van der Waals surface area contributed by atoms with Gasteiger partial charge in [-0.05, 0) is 36.4 Å². The van der Waals surface area contributed by atoms with Crippen molar-refractivity contribution in [3.63, 3.8) is 0 Å². The highest BCUT2D eigenvalue weighted by Crippen LogP contribution is 2.36. The van der Waals surface area contributed by atoms with Crippen LogP contribution in [0.2, 0.25) is 0 Å². The number of amides is 3. The molecular formula is C19H18FN3O3S. The molecule has 1 aliphatic rings. The minimum atomic E-state index is -0.546. The largest absolute Gasteiger partial charge is 0.336 e. The summed E-state index contributed by atoms with van der Waals surface area (Å²) in [5, 5.41) is 4.84. The average Bonchev–Trinajstić information content (AvgIpc) is 2.64. The van der Waals surface area contributed by atoms with Crippen LogP contribution >= 0.6 is 11.8 Å². The number of nitrogens with one attached hydrogen (secondary N) is 2. The van der Waals surface area contributed by atoms with Gasteiger partial charge in [0.15, 0.2) is 0 Å². The predicted molar refractivity (Wildman–Crippen MR) is 102 cm³/mol. The maximum Gasteiger partial charge on any atom is 0.243 e. The van der Waals surface area contributed by atoms with E-state index in [1.54, 1.807) is 0 Å². The topological polar surface area (TPSA) is 78.5 Å². The molecule has 0 spiro atoms. The van der Waals surface area contributed by atoms with E-state index in [0.29, 0.717) is 5.69 Å². The fourth-order valence-corrected chi connectivity index (χ4v) is 3.68. The van der Waals surface area contributed by atoms with Gasteiger partial charge in [-0.25, -0.2) is 4.39 Å². The van der Waals surface area contributed by atoms with Crippen molar-refractivity contribution in [2.24, 2.45) is 0 Å². The number of benzene rings is 2. The molecule has 0 radical (unpaired) electrons. The van der Waals surface area contributed by atoms with E-state index < -0.39 is 17.0 Å². The Bertz CT molecular complexity index is 873. The Labute approximate surface area is 160 Å². The first kappa shape index (κ1) is 18.9. The van der Waals surface area contributed by atoms with Gasteiger partial charge in [0.1, 0.15) is 5.82 Å². The lowest BCUT2D eigenvalue weighted by atomic mass is 10.2. The van der Waals surface area contributed by atoms with Gasteiger partial charge in [-0.15, -0.1) is 11.8 Å². The number of nitrogens with zero attached hydrogens (tertiary/aromatic N) is 1. The molecule has 0 bridgehead atoms. The van der Waals surface area contributed by atoms with E-state index >= 15 is 0 Å². The molecule has 140 valence electrons. The number of rotatable bonds is 5. The lowest BCUT2D eigenvalue weighted by molar-refractivity contribution is -0.134. The molecule has 2 aromatic carbocycles. The van der Waals surface area contributed by atoms with Crippen molar-refractivity contribution in [1.82, 2.24) is 4.90 Å². The number of halogens is 1. The normalized spacial score (nSPS) is 15.5. The Morgan fingerprint density at radius 3 is 2.63 bits per heavy atom. The van der Waals surface area contributed by atoms with Gasteiger partial charge in [0.25, 0.3) is 0 Å². The number of hydrogen-bond donors (Lipinski definition) is 2. The lowest BCUT2D eigenvalue weighted by Crippen LogP contribution is -2.39. The Morgan fingerprint density at radius 1 is 1.19 bits per heavy atom. The van der Waals surface area contributed by atoms with Crippen molar-refractivity contribution >= 4 is 40.9 Å². The highest BCUT2D eigenvalue weighted by Gasteiger charge is 2.30. The summed E-state index contributed by atoms with van der Waals surface area (Å²) >= 11 is 1.34. The molecule has 1 aliphatic heterocycles. The third kappa shape index (κ3) is 4.85. The molecule has 3 rings (SSSR count). The van der Waals surface area contributed by atoms with Crippen LogP contribution in [0.25, 0.3) is 0 Å². The summed E-state index contributed by atoms with van der Waals surface area (Å²) in [6.07, 6.45) is -0.00877. The fourth-order valence-electron chi connectivity index (χ4n) is 2.58. The summed E-state index contributed by atoms with van der Waals surface area (Å²) in [4.78, 5) is 38.8. The van der Waals surface area contributed by atoms with Crippen LogP contribution < -0.4 is 10.6 Å². The molecule has 2 aromatic rings. The molecule has 27 heavy (non-hydrogen) atoms. The summed E-state index contributed by atoms with van der Waals surface area (Å²) in [5.41, 5.74) is 1.18. The maximum absolute atomic E-state index is 12.9. The van der Waals surface area contributed by atoms with E-state index in [1.165, 1.54) is 48.0 Å². The predicted octanol–water partition coefficient (Wildman–Crippen LogP) is 2.73. The molecule has 0 fully saturated rings. The second-order valence-electron chi connectivity index (χ2n) is 6.10. The summed E-state index contributed by atoms with van der Waals surface area (Å²) in [6, 6.07) is 12.8. The first-order valence-corrected chi connectivity index (χ1v) is 9.16. The highest BCUT2D eigenvalue weighted by molar-refractivity contribution is 8.01. The van der Waals surface area contributed by atoms with Crippen LogP contribution in [0, 0.1) is 5.82 Å². The maximum atomic E-state index is 12.9. The molecule has 0 saturated carbocycles. The van der Waals surface area contributed by atoms with E-state index in [0.717, 1.165) is 10.6 Å². The van der Waals surface area contributed by atoms with Gasteiger partial charge in [0, 0.05) is 24.1 Å². The Balaban J connectivity index is 1.54. The molecule has 2 N–H and O–H groups in total. The van der Waals surface area contributed by atoms with Crippen molar-refractivity contribution in [3.05, 3.63) is 54.3 Å². The van der Waals surface area contributed by atoms with Gasteiger partial charge in [-0.2, -0.15) is 0 Å².